The number of aryl methyl sites for hydroxylation is 1. The zero-order valence-corrected chi connectivity index (χ0v) is 12.3. The number of rotatable bonds is 5. The van der Waals surface area contributed by atoms with Gasteiger partial charge in [0, 0.05) is 5.56 Å². The highest BCUT2D eigenvalue weighted by Crippen LogP contribution is 2.35. The summed E-state index contributed by atoms with van der Waals surface area (Å²) in [6.45, 7) is 3.89. The van der Waals surface area contributed by atoms with Crippen LogP contribution in [0.15, 0.2) is 36.4 Å². The second-order valence-electron chi connectivity index (χ2n) is 4.80. The molecular weight excluding hydrogens is 268 g/mol. The highest BCUT2D eigenvalue weighted by Gasteiger charge is 2.19. The van der Waals surface area contributed by atoms with E-state index in [1.54, 1.807) is 19.9 Å². The third-order valence-corrected chi connectivity index (χ3v) is 3.34. The van der Waals surface area contributed by atoms with Gasteiger partial charge in [-0.25, -0.2) is 4.79 Å². The van der Waals surface area contributed by atoms with Crippen molar-refractivity contribution in [3.63, 3.8) is 0 Å². The number of hydrogen-bond acceptors (Lipinski definition) is 3. The lowest BCUT2D eigenvalue weighted by Crippen LogP contribution is -2.07. The molecule has 21 heavy (non-hydrogen) atoms. The molecule has 110 valence electrons. The molecule has 0 fully saturated rings. The van der Waals surface area contributed by atoms with Crippen LogP contribution in [-0.2, 0) is 6.61 Å². The van der Waals surface area contributed by atoms with Crippen LogP contribution < -0.4 is 9.47 Å². The predicted octanol–water partition coefficient (Wildman–Crippen LogP) is 3.59. The summed E-state index contributed by atoms with van der Waals surface area (Å²) in [7, 11) is 1.51. The van der Waals surface area contributed by atoms with Crippen LogP contribution in [0.3, 0.4) is 0 Å². The van der Waals surface area contributed by atoms with Crippen LogP contribution in [0.25, 0.3) is 0 Å². The molecule has 0 aliphatic heterocycles. The molecule has 0 aromatic heterocycles. The van der Waals surface area contributed by atoms with Crippen LogP contribution >= 0.6 is 0 Å². The van der Waals surface area contributed by atoms with Crippen molar-refractivity contribution in [2.24, 2.45) is 0 Å². The molecule has 0 radical (unpaired) electrons. The fraction of sp³-hybridized carbons (Fsp3) is 0.235. The SMILES string of the molecule is COc1c(OCc2ccccc2)cc(C)c(C(=O)O)c1C. The number of benzene rings is 2. The molecule has 0 bridgehead atoms. The standard InChI is InChI=1S/C17H18O4/c1-11-9-14(21-10-13-7-5-4-6-8-13)16(20-3)12(2)15(11)17(18)19/h4-9H,10H2,1-3H3,(H,18,19). The van der Waals surface area contributed by atoms with Gasteiger partial charge in [0.15, 0.2) is 11.5 Å². The number of ether oxygens (including phenoxy) is 2. The highest BCUT2D eigenvalue weighted by molar-refractivity contribution is 5.92. The van der Waals surface area contributed by atoms with Crippen LogP contribution in [0.5, 0.6) is 11.5 Å². The quantitative estimate of drug-likeness (QED) is 0.912. The minimum atomic E-state index is -0.960. The Kier molecular flexibility index (Phi) is 4.48. The van der Waals surface area contributed by atoms with Crippen LogP contribution in [0, 0.1) is 13.8 Å². The van der Waals surface area contributed by atoms with Crippen LogP contribution in [0.4, 0.5) is 0 Å². The first-order chi connectivity index (χ1) is 10.0. The lowest BCUT2D eigenvalue weighted by atomic mass is 10.0. The summed E-state index contributed by atoms with van der Waals surface area (Å²) in [6.07, 6.45) is 0. The first-order valence-corrected chi connectivity index (χ1v) is 6.62. The molecule has 0 saturated heterocycles. The summed E-state index contributed by atoms with van der Waals surface area (Å²) in [6, 6.07) is 11.5. The number of hydrogen-bond donors (Lipinski definition) is 1. The fourth-order valence-corrected chi connectivity index (χ4v) is 2.35. The lowest BCUT2D eigenvalue weighted by Gasteiger charge is -2.16. The van der Waals surface area contributed by atoms with Crippen LogP contribution in [0.2, 0.25) is 0 Å². The molecule has 0 saturated carbocycles. The Morgan fingerprint density at radius 1 is 1.19 bits per heavy atom. The summed E-state index contributed by atoms with van der Waals surface area (Å²) < 4.78 is 11.1. The first kappa shape index (κ1) is 14.9. The maximum absolute atomic E-state index is 11.3. The van der Waals surface area contributed by atoms with Crippen molar-refractivity contribution in [2.75, 3.05) is 7.11 Å². The van der Waals surface area contributed by atoms with Gasteiger partial charge in [-0.2, -0.15) is 0 Å². The van der Waals surface area contributed by atoms with Gasteiger partial charge in [0.05, 0.1) is 12.7 Å². The average Bonchev–Trinajstić information content (AvgIpc) is 2.45. The maximum atomic E-state index is 11.3. The Morgan fingerprint density at radius 2 is 1.86 bits per heavy atom. The molecule has 4 heteroatoms. The summed E-state index contributed by atoms with van der Waals surface area (Å²) in [5.74, 6) is 0.0631. The molecule has 0 heterocycles. The molecule has 4 nitrogen and oxygen atoms in total. The minimum Gasteiger partial charge on any atom is -0.493 e. The van der Waals surface area contributed by atoms with E-state index in [0.29, 0.717) is 29.2 Å². The van der Waals surface area contributed by atoms with Crippen molar-refractivity contribution in [3.05, 3.63) is 58.7 Å². The molecule has 2 aromatic rings. The van der Waals surface area contributed by atoms with Gasteiger partial charge in [0.25, 0.3) is 0 Å². The molecule has 2 rings (SSSR count). The smallest absolute Gasteiger partial charge is 0.336 e. The molecule has 1 N–H and O–H groups in total. The van der Waals surface area contributed by atoms with E-state index in [-0.39, 0.29) is 5.56 Å². The first-order valence-electron chi connectivity index (χ1n) is 6.62. The summed E-state index contributed by atoms with van der Waals surface area (Å²) in [5.41, 5.74) is 2.54. The maximum Gasteiger partial charge on any atom is 0.336 e. The average molecular weight is 286 g/mol. The molecule has 0 unspecified atom stereocenters. The predicted molar refractivity (Wildman–Crippen MR) is 80.2 cm³/mol. The van der Waals surface area contributed by atoms with Crippen molar-refractivity contribution in [3.8, 4) is 11.5 Å². The van der Waals surface area contributed by atoms with Crippen molar-refractivity contribution < 1.29 is 19.4 Å². The van der Waals surface area contributed by atoms with Gasteiger partial charge >= 0.3 is 5.97 Å². The second kappa shape index (κ2) is 6.31. The number of carboxylic acid groups (broad SMARTS) is 1. The van der Waals surface area contributed by atoms with Crippen molar-refractivity contribution >= 4 is 5.97 Å². The Bertz CT molecular complexity index is 648. The molecule has 0 spiro atoms. The number of carbonyl (C=O) groups is 1. The molecule has 0 aliphatic carbocycles. The summed E-state index contributed by atoms with van der Waals surface area (Å²) in [4.78, 5) is 11.3. The van der Waals surface area contributed by atoms with E-state index in [0.717, 1.165) is 5.56 Å². The second-order valence-corrected chi connectivity index (χ2v) is 4.80. The van der Waals surface area contributed by atoms with Gasteiger partial charge < -0.3 is 14.6 Å². The van der Waals surface area contributed by atoms with Gasteiger partial charge in [0.2, 0.25) is 0 Å². The topological polar surface area (TPSA) is 55.8 Å². The molecular formula is C17H18O4. The Morgan fingerprint density at radius 3 is 2.43 bits per heavy atom. The van der Waals surface area contributed by atoms with E-state index in [2.05, 4.69) is 0 Å². The van der Waals surface area contributed by atoms with E-state index >= 15 is 0 Å². The largest absolute Gasteiger partial charge is 0.493 e. The Hall–Kier alpha value is -2.49. The molecule has 0 atom stereocenters. The normalized spacial score (nSPS) is 10.2. The summed E-state index contributed by atoms with van der Waals surface area (Å²) >= 11 is 0. The van der Waals surface area contributed by atoms with Gasteiger partial charge in [-0.1, -0.05) is 30.3 Å². The third-order valence-electron chi connectivity index (χ3n) is 3.34. The third kappa shape index (κ3) is 3.16. The van der Waals surface area contributed by atoms with E-state index < -0.39 is 5.97 Å². The Labute approximate surface area is 123 Å². The van der Waals surface area contributed by atoms with Gasteiger partial charge in [-0.3, -0.25) is 0 Å². The lowest BCUT2D eigenvalue weighted by molar-refractivity contribution is 0.0694. The molecule has 2 aromatic carbocycles. The zero-order valence-electron chi connectivity index (χ0n) is 12.3. The van der Waals surface area contributed by atoms with E-state index in [1.807, 2.05) is 30.3 Å². The van der Waals surface area contributed by atoms with Gasteiger partial charge in [-0.15, -0.1) is 0 Å². The van der Waals surface area contributed by atoms with E-state index in [4.69, 9.17) is 9.47 Å². The van der Waals surface area contributed by atoms with Crippen molar-refractivity contribution in [2.45, 2.75) is 20.5 Å². The van der Waals surface area contributed by atoms with Crippen molar-refractivity contribution in [1.29, 1.82) is 0 Å². The zero-order chi connectivity index (χ0) is 15.4. The van der Waals surface area contributed by atoms with Crippen LogP contribution in [-0.4, -0.2) is 18.2 Å². The van der Waals surface area contributed by atoms with Gasteiger partial charge in [0.1, 0.15) is 6.61 Å². The fourth-order valence-electron chi connectivity index (χ4n) is 2.35. The number of aromatic carboxylic acids is 1. The molecule has 0 aliphatic rings. The molecule has 0 amide bonds. The van der Waals surface area contributed by atoms with Gasteiger partial charge in [-0.05, 0) is 31.0 Å². The van der Waals surface area contributed by atoms with Crippen molar-refractivity contribution in [1.82, 2.24) is 0 Å². The highest BCUT2D eigenvalue weighted by atomic mass is 16.5. The number of methoxy groups -OCH3 is 1. The number of carboxylic acids is 1. The minimum absolute atomic E-state index is 0.263. The summed E-state index contributed by atoms with van der Waals surface area (Å²) in [5, 5.41) is 9.27. The van der Waals surface area contributed by atoms with Crippen LogP contribution in [0.1, 0.15) is 27.0 Å². The monoisotopic (exact) mass is 286 g/mol. The van der Waals surface area contributed by atoms with E-state index in [1.165, 1.54) is 7.11 Å². The van der Waals surface area contributed by atoms with E-state index in [9.17, 15) is 9.90 Å². The Balaban J connectivity index is 2.33.